The number of methoxy groups -OCH3 is 1. The molecule has 0 aliphatic carbocycles. The minimum atomic E-state index is -0.348. The van der Waals surface area contributed by atoms with E-state index in [1.807, 2.05) is 0 Å². The van der Waals surface area contributed by atoms with E-state index in [4.69, 9.17) is 16.3 Å². The summed E-state index contributed by atoms with van der Waals surface area (Å²) in [7, 11) is 1.53. The van der Waals surface area contributed by atoms with E-state index in [1.54, 1.807) is 31.2 Å². The SMILES string of the molecule is CCCCNc1cc(C(=O)Nc2cc(Cl)ccc2OC)nc(C)n1. The zero-order valence-electron chi connectivity index (χ0n) is 14.0. The fourth-order valence-electron chi connectivity index (χ4n) is 2.13. The summed E-state index contributed by atoms with van der Waals surface area (Å²) in [4.78, 5) is 21.0. The number of ether oxygens (including phenoxy) is 1. The molecule has 0 aliphatic rings. The third-order valence-corrected chi connectivity index (χ3v) is 3.55. The zero-order valence-corrected chi connectivity index (χ0v) is 14.8. The maximum absolute atomic E-state index is 12.5. The zero-order chi connectivity index (χ0) is 17.5. The van der Waals surface area contributed by atoms with Crippen molar-refractivity contribution in [3.63, 3.8) is 0 Å². The van der Waals surface area contributed by atoms with Crippen LogP contribution in [0, 0.1) is 6.92 Å². The third kappa shape index (κ3) is 4.83. The lowest BCUT2D eigenvalue weighted by Crippen LogP contribution is -2.16. The van der Waals surface area contributed by atoms with Gasteiger partial charge in [-0.15, -0.1) is 0 Å². The molecule has 128 valence electrons. The van der Waals surface area contributed by atoms with Gasteiger partial charge in [0.15, 0.2) is 0 Å². The summed E-state index contributed by atoms with van der Waals surface area (Å²) in [5.41, 5.74) is 0.773. The van der Waals surface area contributed by atoms with E-state index < -0.39 is 0 Å². The summed E-state index contributed by atoms with van der Waals surface area (Å²) in [6.07, 6.45) is 2.11. The number of aryl methyl sites for hydroxylation is 1. The summed E-state index contributed by atoms with van der Waals surface area (Å²) >= 11 is 5.98. The Morgan fingerprint density at radius 1 is 1.29 bits per heavy atom. The standard InChI is InChI=1S/C17H21ClN4O2/c1-4-5-8-19-16-10-14(20-11(2)21-16)17(23)22-13-9-12(18)6-7-15(13)24-3/h6-7,9-10H,4-5,8H2,1-3H3,(H,22,23)(H,19,20,21). The number of anilines is 2. The predicted molar refractivity (Wildman–Crippen MR) is 96.1 cm³/mol. The highest BCUT2D eigenvalue weighted by atomic mass is 35.5. The number of unbranched alkanes of at least 4 members (excludes halogenated alkanes) is 1. The molecule has 0 fully saturated rings. The van der Waals surface area contributed by atoms with Gasteiger partial charge < -0.3 is 15.4 Å². The van der Waals surface area contributed by atoms with Crippen LogP contribution in [0.25, 0.3) is 0 Å². The monoisotopic (exact) mass is 348 g/mol. The molecule has 1 aromatic carbocycles. The van der Waals surface area contributed by atoms with Crippen LogP contribution in [0.15, 0.2) is 24.3 Å². The van der Waals surface area contributed by atoms with Gasteiger partial charge in [-0.25, -0.2) is 9.97 Å². The third-order valence-electron chi connectivity index (χ3n) is 3.32. The number of aromatic nitrogens is 2. The molecule has 0 saturated carbocycles. The van der Waals surface area contributed by atoms with Crippen LogP contribution in [0.2, 0.25) is 5.02 Å². The van der Waals surface area contributed by atoms with Crippen molar-refractivity contribution in [1.82, 2.24) is 9.97 Å². The van der Waals surface area contributed by atoms with Gasteiger partial charge >= 0.3 is 0 Å². The van der Waals surface area contributed by atoms with Crippen molar-refractivity contribution in [2.24, 2.45) is 0 Å². The maximum atomic E-state index is 12.5. The first-order valence-electron chi connectivity index (χ1n) is 7.78. The first-order chi connectivity index (χ1) is 11.5. The van der Waals surface area contributed by atoms with Crippen LogP contribution >= 0.6 is 11.6 Å². The number of nitrogens with one attached hydrogen (secondary N) is 2. The van der Waals surface area contributed by atoms with Crippen molar-refractivity contribution < 1.29 is 9.53 Å². The Morgan fingerprint density at radius 2 is 2.08 bits per heavy atom. The lowest BCUT2D eigenvalue weighted by Gasteiger charge is -2.11. The van der Waals surface area contributed by atoms with Crippen molar-refractivity contribution in [3.05, 3.63) is 40.8 Å². The Balaban J connectivity index is 2.19. The second-order valence-corrected chi connectivity index (χ2v) is 5.70. The van der Waals surface area contributed by atoms with Crippen molar-refractivity contribution in [3.8, 4) is 5.75 Å². The lowest BCUT2D eigenvalue weighted by atomic mass is 10.2. The van der Waals surface area contributed by atoms with E-state index >= 15 is 0 Å². The molecule has 7 heteroatoms. The van der Waals surface area contributed by atoms with Crippen molar-refractivity contribution >= 4 is 29.0 Å². The number of benzene rings is 1. The summed E-state index contributed by atoms with van der Waals surface area (Å²) in [5, 5.41) is 6.48. The number of carbonyl (C=O) groups is 1. The van der Waals surface area contributed by atoms with Crippen LogP contribution in [-0.2, 0) is 0 Å². The number of carbonyl (C=O) groups excluding carboxylic acids is 1. The normalized spacial score (nSPS) is 10.3. The summed E-state index contributed by atoms with van der Waals surface area (Å²) in [6, 6.07) is 6.66. The number of rotatable bonds is 7. The lowest BCUT2D eigenvalue weighted by molar-refractivity contribution is 0.102. The second kappa shape index (κ2) is 8.49. The molecule has 1 amide bonds. The molecule has 0 radical (unpaired) electrons. The number of halogens is 1. The van der Waals surface area contributed by atoms with Crippen molar-refractivity contribution in [2.45, 2.75) is 26.7 Å². The number of amides is 1. The van der Waals surface area contributed by atoms with Crippen molar-refractivity contribution in [2.75, 3.05) is 24.3 Å². The van der Waals surface area contributed by atoms with Gasteiger partial charge in [-0.1, -0.05) is 24.9 Å². The van der Waals surface area contributed by atoms with Crippen LogP contribution in [-0.4, -0.2) is 29.5 Å². The molecule has 0 atom stereocenters. The Labute approximate surface area is 146 Å². The Bertz CT molecular complexity index is 722. The predicted octanol–water partition coefficient (Wildman–Crippen LogP) is 3.91. The van der Waals surface area contributed by atoms with Gasteiger partial charge in [-0.3, -0.25) is 4.79 Å². The van der Waals surface area contributed by atoms with Crippen LogP contribution in [0.4, 0.5) is 11.5 Å². The number of hydrogen-bond donors (Lipinski definition) is 2. The minimum absolute atomic E-state index is 0.281. The van der Waals surface area contributed by atoms with E-state index in [-0.39, 0.29) is 11.6 Å². The first kappa shape index (κ1) is 18.0. The molecular weight excluding hydrogens is 328 g/mol. The van der Waals surface area contributed by atoms with Gasteiger partial charge in [-0.2, -0.15) is 0 Å². The quantitative estimate of drug-likeness (QED) is 0.742. The van der Waals surface area contributed by atoms with Gasteiger partial charge in [0.1, 0.15) is 23.1 Å². The van der Waals surface area contributed by atoms with E-state index in [0.717, 1.165) is 19.4 Å². The molecule has 0 saturated heterocycles. The smallest absolute Gasteiger partial charge is 0.274 e. The van der Waals surface area contributed by atoms with E-state index in [2.05, 4.69) is 27.5 Å². The highest BCUT2D eigenvalue weighted by Gasteiger charge is 2.13. The van der Waals surface area contributed by atoms with Gasteiger partial charge in [0.05, 0.1) is 12.8 Å². The van der Waals surface area contributed by atoms with E-state index in [9.17, 15) is 4.79 Å². The van der Waals surface area contributed by atoms with E-state index in [0.29, 0.717) is 28.1 Å². The maximum Gasteiger partial charge on any atom is 0.274 e. The first-order valence-corrected chi connectivity index (χ1v) is 8.15. The van der Waals surface area contributed by atoms with Crippen molar-refractivity contribution in [1.29, 1.82) is 0 Å². The van der Waals surface area contributed by atoms with Crippen LogP contribution in [0.5, 0.6) is 5.75 Å². The Morgan fingerprint density at radius 3 is 2.79 bits per heavy atom. The molecule has 0 bridgehead atoms. The van der Waals surface area contributed by atoms with Crippen LogP contribution in [0.1, 0.15) is 36.1 Å². The van der Waals surface area contributed by atoms with Gasteiger partial charge in [0, 0.05) is 17.6 Å². The average Bonchev–Trinajstić information content (AvgIpc) is 2.55. The highest BCUT2D eigenvalue weighted by molar-refractivity contribution is 6.31. The van der Waals surface area contributed by atoms with E-state index in [1.165, 1.54) is 7.11 Å². The molecule has 2 rings (SSSR count). The fraction of sp³-hybridized carbons (Fsp3) is 0.353. The van der Waals surface area contributed by atoms with Gasteiger partial charge in [0.25, 0.3) is 5.91 Å². The Hall–Kier alpha value is -2.34. The molecule has 2 aromatic rings. The van der Waals surface area contributed by atoms with Crippen LogP contribution < -0.4 is 15.4 Å². The molecule has 6 nitrogen and oxygen atoms in total. The fourth-order valence-corrected chi connectivity index (χ4v) is 2.30. The number of hydrogen-bond acceptors (Lipinski definition) is 5. The molecule has 0 unspecified atom stereocenters. The molecular formula is C17H21ClN4O2. The summed E-state index contributed by atoms with van der Waals surface area (Å²) < 4.78 is 5.23. The summed E-state index contributed by atoms with van der Waals surface area (Å²) in [6.45, 7) is 4.67. The average molecular weight is 349 g/mol. The topological polar surface area (TPSA) is 76.1 Å². The van der Waals surface area contributed by atoms with Gasteiger partial charge in [0.2, 0.25) is 0 Å². The van der Waals surface area contributed by atoms with Crippen LogP contribution in [0.3, 0.4) is 0 Å². The molecule has 1 heterocycles. The molecule has 2 N–H and O–H groups in total. The highest BCUT2D eigenvalue weighted by Crippen LogP contribution is 2.28. The largest absolute Gasteiger partial charge is 0.495 e. The minimum Gasteiger partial charge on any atom is -0.495 e. The molecule has 1 aromatic heterocycles. The molecule has 0 aliphatic heterocycles. The summed E-state index contributed by atoms with van der Waals surface area (Å²) in [5.74, 6) is 1.35. The number of nitrogens with zero attached hydrogens (tertiary/aromatic N) is 2. The second-order valence-electron chi connectivity index (χ2n) is 5.26. The molecule has 0 spiro atoms. The molecule has 24 heavy (non-hydrogen) atoms. The Kier molecular flexibility index (Phi) is 6.37. The van der Waals surface area contributed by atoms with Gasteiger partial charge in [-0.05, 0) is 31.5 Å².